The number of carbonyl (C=O) groups excluding carboxylic acids is 1. The molecule has 0 aliphatic carbocycles. The second-order valence-corrected chi connectivity index (χ2v) is 4.54. The molecule has 3 heterocycles. The maximum Gasteiger partial charge on any atom is 0.252 e. The van der Waals surface area contributed by atoms with Crippen LogP contribution in [0.15, 0.2) is 23.5 Å². The van der Waals surface area contributed by atoms with E-state index < -0.39 is 5.54 Å². The van der Waals surface area contributed by atoms with Crippen LogP contribution in [-0.2, 0) is 11.3 Å². The highest BCUT2D eigenvalue weighted by Gasteiger charge is 2.45. The normalized spacial score (nSPS) is 21.0. The molecule has 0 atom stereocenters. The highest BCUT2D eigenvalue weighted by molar-refractivity contribution is 6.09. The zero-order valence-electron chi connectivity index (χ0n) is 9.19. The molecule has 3 rings (SSSR count). The molecule has 0 unspecified atom stereocenters. The molecular formula is C11H12N4O. The maximum atomic E-state index is 11.8. The molecule has 5 heteroatoms. The second-order valence-electron chi connectivity index (χ2n) is 4.54. The van der Waals surface area contributed by atoms with Gasteiger partial charge in [0.1, 0.15) is 5.54 Å². The minimum Gasteiger partial charge on any atom is -0.324 e. The van der Waals surface area contributed by atoms with Crippen LogP contribution in [-0.4, -0.2) is 27.3 Å². The number of aromatic nitrogens is 1. The first-order valence-corrected chi connectivity index (χ1v) is 5.20. The lowest BCUT2D eigenvalue weighted by Crippen LogP contribution is -2.44. The number of amides is 1. The van der Waals surface area contributed by atoms with Gasteiger partial charge in [0.25, 0.3) is 5.91 Å². The molecule has 0 aromatic carbocycles. The third-order valence-electron chi connectivity index (χ3n) is 3.15. The smallest absolute Gasteiger partial charge is 0.252 e. The average Bonchev–Trinajstić information content (AvgIpc) is 2.48. The summed E-state index contributed by atoms with van der Waals surface area (Å²) in [6.07, 6.45) is 3.47. The number of fused-ring (bicyclic) bond motifs is 2. The Balaban J connectivity index is 2.11. The fourth-order valence-electron chi connectivity index (χ4n) is 2.00. The fourth-order valence-corrected chi connectivity index (χ4v) is 2.00. The van der Waals surface area contributed by atoms with Crippen molar-refractivity contribution < 1.29 is 4.79 Å². The van der Waals surface area contributed by atoms with E-state index in [-0.39, 0.29) is 5.91 Å². The molecule has 82 valence electrons. The Hall–Kier alpha value is -1.91. The summed E-state index contributed by atoms with van der Waals surface area (Å²) in [5.41, 5.74) is 1.41. The van der Waals surface area contributed by atoms with Crippen LogP contribution in [0, 0.1) is 0 Å². The second kappa shape index (κ2) is 2.81. The molecule has 1 N–H and O–H groups in total. The molecule has 0 spiro atoms. The summed E-state index contributed by atoms with van der Waals surface area (Å²) >= 11 is 0. The largest absolute Gasteiger partial charge is 0.324 e. The summed E-state index contributed by atoms with van der Waals surface area (Å²) in [7, 11) is 0. The Morgan fingerprint density at radius 2 is 2.31 bits per heavy atom. The van der Waals surface area contributed by atoms with Gasteiger partial charge in [-0.15, -0.1) is 0 Å². The number of hydrogen-bond acceptors (Lipinski definition) is 4. The van der Waals surface area contributed by atoms with E-state index >= 15 is 0 Å². The van der Waals surface area contributed by atoms with Gasteiger partial charge >= 0.3 is 0 Å². The highest BCUT2D eigenvalue weighted by atomic mass is 16.2. The minimum atomic E-state index is -0.528. The molecule has 0 saturated carbocycles. The molecular weight excluding hydrogens is 204 g/mol. The van der Waals surface area contributed by atoms with Crippen molar-refractivity contribution in [3.05, 3.63) is 24.0 Å². The lowest BCUT2D eigenvalue weighted by Gasteiger charge is -2.32. The lowest BCUT2D eigenvalue weighted by atomic mass is 10.0. The Kier molecular flexibility index (Phi) is 1.64. The van der Waals surface area contributed by atoms with Gasteiger partial charge in [-0.1, -0.05) is 0 Å². The summed E-state index contributed by atoms with van der Waals surface area (Å²) in [4.78, 5) is 22.2. The molecule has 1 aromatic rings. The monoisotopic (exact) mass is 216 g/mol. The van der Waals surface area contributed by atoms with Crippen LogP contribution in [0.3, 0.4) is 0 Å². The summed E-state index contributed by atoms with van der Waals surface area (Å²) in [6.45, 7) is 4.50. The van der Waals surface area contributed by atoms with E-state index in [1.807, 2.05) is 24.8 Å². The number of pyridine rings is 1. The summed E-state index contributed by atoms with van der Waals surface area (Å²) < 4.78 is 0. The van der Waals surface area contributed by atoms with Gasteiger partial charge in [0, 0.05) is 18.3 Å². The van der Waals surface area contributed by atoms with Crippen LogP contribution in [0.25, 0.3) is 0 Å². The Bertz CT molecular complexity index is 506. The quantitative estimate of drug-likeness (QED) is 0.697. The molecule has 1 fully saturated rings. The highest BCUT2D eigenvalue weighted by Crippen LogP contribution is 2.31. The zero-order chi connectivity index (χ0) is 11.3. The third-order valence-corrected chi connectivity index (χ3v) is 3.15. The molecule has 1 saturated heterocycles. The van der Waals surface area contributed by atoms with Gasteiger partial charge in [-0.05, 0) is 19.9 Å². The number of nitrogens with one attached hydrogen (secondary N) is 1. The van der Waals surface area contributed by atoms with Crippen LogP contribution in [0.4, 0.5) is 5.69 Å². The summed E-state index contributed by atoms with van der Waals surface area (Å²) in [6, 6.07) is 1.94. The van der Waals surface area contributed by atoms with E-state index in [1.165, 1.54) is 0 Å². The van der Waals surface area contributed by atoms with Crippen LogP contribution in [0.1, 0.15) is 19.4 Å². The van der Waals surface area contributed by atoms with Gasteiger partial charge in [0.15, 0.2) is 0 Å². The van der Waals surface area contributed by atoms with Gasteiger partial charge in [0.2, 0.25) is 5.96 Å². The maximum absolute atomic E-state index is 11.8. The minimum absolute atomic E-state index is 0.00739. The first-order valence-electron chi connectivity index (χ1n) is 5.20. The first kappa shape index (κ1) is 9.33. The van der Waals surface area contributed by atoms with E-state index in [0.29, 0.717) is 12.5 Å². The van der Waals surface area contributed by atoms with Crippen LogP contribution in [0.5, 0.6) is 0 Å². The molecule has 0 radical (unpaired) electrons. The van der Waals surface area contributed by atoms with Crippen molar-refractivity contribution in [1.29, 1.82) is 0 Å². The molecule has 2 aliphatic rings. The number of nitrogens with zero attached hydrogens (tertiary/aromatic N) is 3. The molecule has 2 aliphatic heterocycles. The number of carbonyl (C=O) groups is 1. The van der Waals surface area contributed by atoms with Crippen LogP contribution < -0.4 is 5.32 Å². The van der Waals surface area contributed by atoms with Gasteiger partial charge in [0.05, 0.1) is 11.9 Å². The van der Waals surface area contributed by atoms with Gasteiger partial charge < -0.3 is 4.90 Å². The van der Waals surface area contributed by atoms with Crippen molar-refractivity contribution in [3.8, 4) is 0 Å². The first-order chi connectivity index (χ1) is 7.59. The topological polar surface area (TPSA) is 57.6 Å². The van der Waals surface area contributed by atoms with E-state index in [2.05, 4.69) is 15.3 Å². The zero-order valence-corrected chi connectivity index (χ0v) is 9.19. The Morgan fingerprint density at radius 1 is 1.50 bits per heavy atom. The molecule has 16 heavy (non-hydrogen) atoms. The summed E-state index contributed by atoms with van der Waals surface area (Å²) in [5.74, 6) is 0.627. The van der Waals surface area contributed by atoms with Gasteiger partial charge in [-0.25, -0.2) is 4.99 Å². The van der Waals surface area contributed by atoms with Crippen molar-refractivity contribution in [2.75, 3.05) is 0 Å². The van der Waals surface area contributed by atoms with Crippen LogP contribution >= 0.6 is 0 Å². The SMILES string of the molecule is CC1(C)C(=O)NC2=Nc3cnccc3CN21. The standard InChI is InChI=1S/C11H12N4O/c1-11(2)9(16)14-10-13-8-5-12-4-3-7(8)6-15(10)11/h3-5H,6H2,1-2H3,(H,13,14,16). The fraction of sp³-hybridized carbons (Fsp3) is 0.364. The lowest BCUT2D eigenvalue weighted by molar-refractivity contribution is -0.125. The predicted molar refractivity (Wildman–Crippen MR) is 59.1 cm³/mol. The molecule has 5 nitrogen and oxygen atoms in total. The summed E-state index contributed by atoms with van der Waals surface area (Å²) in [5, 5.41) is 2.80. The Labute approximate surface area is 93.2 Å². The van der Waals surface area contributed by atoms with Gasteiger partial charge in [-0.2, -0.15) is 0 Å². The Morgan fingerprint density at radius 3 is 3.12 bits per heavy atom. The third kappa shape index (κ3) is 1.08. The predicted octanol–water partition coefficient (Wildman–Crippen LogP) is 0.793. The van der Waals surface area contributed by atoms with E-state index in [1.54, 1.807) is 12.4 Å². The number of rotatable bonds is 0. The van der Waals surface area contributed by atoms with Crippen molar-refractivity contribution >= 4 is 17.6 Å². The van der Waals surface area contributed by atoms with E-state index in [9.17, 15) is 4.79 Å². The molecule has 1 aromatic heterocycles. The number of hydrogen-bond donors (Lipinski definition) is 1. The average molecular weight is 216 g/mol. The van der Waals surface area contributed by atoms with Crippen molar-refractivity contribution in [2.24, 2.45) is 4.99 Å². The van der Waals surface area contributed by atoms with Crippen molar-refractivity contribution in [3.63, 3.8) is 0 Å². The number of guanidine groups is 1. The molecule has 1 amide bonds. The van der Waals surface area contributed by atoms with Crippen molar-refractivity contribution in [1.82, 2.24) is 15.2 Å². The van der Waals surface area contributed by atoms with Crippen LogP contribution in [0.2, 0.25) is 0 Å². The van der Waals surface area contributed by atoms with E-state index in [0.717, 1.165) is 11.3 Å². The molecule has 0 bridgehead atoms. The van der Waals surface area contributed by atoms with Gasteiger partial charge in [-0.3, -0.25) is 15.1 Å². The van der Waals surface area contributed by atoms with Crippen molar-refractivity contribution in [2.45, 2.75) is 25.9 Å². The van der Waals surface area contributed by atoms with E-state index in [4.69, 9.17) is 0 Å². The number of aliphatic imine (C=N–C) groups is 1.